The summed E-state index contributed by atoms with van der Waals surface area (Å²) in [6.45, 7) is 1.01. The molecule has 5 heteroatoms. The Labute approximate surface area is 133 Å². The molecule has 108 valence electrons. The van der Waals surface area contributed by atoms with Gasteiger partial charge in [0.05, 0.1) is 16.6 Å². The maximum atomic E-state index is 11.2. The number of fused-ring (bicyclic) bond motifs is 1. The number of benzene rings is 2. The van der Waals surface area contributed by atoms with Gasteiger partial charge in [0, 0.05) is 12.1 Å². The fourth-order valence-electron chi connectivity index (χ4n) is 2.40. The molecule has 0 saturated heterocycles. The van der Waals surface area contributed by atoms with Gasteiger partial charge in [-0.2, -0.15) is 0 Å². The lowest BCUT2D eigenvalue weighted by Crippen LogP contribution is -2.26. The molecule has 2 aromatic carbocycles. The Morgan fingerprint density at radius 1 is 1.14 bits per heavy atom. The van der Waals surface area contributed by atoms with Gasteiger partial charge in [-0.1, -0.05) is 47.5 Å². The molecule has 21 heavy (non-hydrogen) atoms. The van der Waals surface area contributed by atoms with E-state index in [1.807, 2.05) is 30.3 Å². The molecule has 1 atom stereocenters. The van der Waals surface area contributed by atoms with E-state index in [0.29, 0.717) is 23.1 Å². The molecular weight excluding hydrogens is 309 g/mol. The number of carbonyl (C=O) groups is 1. The number of rotatable bonds is 2. The minimum absolute atomic E-state index is 0.270. The lowest BCUT2D eigenvalue weighted by Gasteiger charge is -2.21. The first-order chi connectivity index (χ1) is 10.2. The third-order valence-corrected chi connectivity index (χ3v) is 4.22. The maximum Gasteiger partial charge on any atom is 0.210 e. The summed E-state index contributed by atoms with van der Waals surface area (Å²) in [6, 6.07) is 13.1. The highest BCUT2D eigenvalue weighted by molar-refractivity contribution is 6.42. The van der Waals surface area contributed by atoms with Gasteiger partial charge < -0.3 is 9.64 Å². The standard InChI is InChI=1S/C16H13Cl2NO2/c17-13-6-5-11(7-14(13)18)16-9-19(10-20)8-12-3-1-2-4-15(12)21-16/h1-7,10,16H,8-9H2. The average molecular weight is 322 g/mol. The first-order valence-corrected chi connectivity index (χ1v) is 7.32. The van der Waals surface area contributed by atoms with Crippen molar-refractivity contribution >= 4 is 29.6 Å². The van der Waals surface area contributed by atoms with Gasteiger partial charge >= 0.3 is 0 Å². The normalized spacial score (nSPS) is 17.6. The number of halogens is 2. The van der Waals surface area contributed by atoms with E-state index in [-0.39, 0.29) is 6.10 Å². The highest BCUT2D eigenvalue weighted by Gasteiger charge is 2.23. The number of ether oxygens (including phenoxy) is 1. The molecular formula is C16H13Cl2NO2. The van der Waals surface area contributed by atoms with Gasteiger partial charge in [0.2, 0.25) is 6.41 Å². The first-order valence-electron chi connectivity index (χ1n) is 6.56. The quantitative estimate of drug-likeness (QED) is 0.780. The minimum Gasteiger partial charge on any atom is -0.484 e. The molecule has 1 unspecified atom stereocenters. The predicted octanol–water partition coefficient (Wildman–Crippen LogP) is 4.09. The number of nitrogens with zero attached hydrogens (tertiary/aromatic N) is 1. The second kappa shape index (κ2) is 5.96. The van der Waals surface area contributed by atoms with Gasteiger partial charge in [0.15, 0.2) is 0 Å². The molecule has 0 fully saturated rings. The van der Waals surface area contributed by atoms with Crippen LogP contribution in [0.4, 0.5) is 0 Å². The zero-order valence-corrected chi connectivity index (χ0v) is 12.6. The fraction of sp³-hybridized carbons (Fsp3) is 0.188. The van der Waals surface area contributed by atoms with Crippen LogP contribution in [0, 0.1) is 0 Å². The molecule has 1 amide bonds. The molecule has 0 radical (unpaired) electrons. The van der Waals surface area contributed by atoms with E-state index >= 15 is 0 Å². The van der Waals surface area contributed by atoms with Crippen molar-refractivity contribution in [3.63, 3.8) is 0 Å². The maximum absolute atomic E-state index is 11.2. The predicted molar refractivity (Wildman–Crippen MR) is 82.7 cm³/mol. The Kier molecular flexibility index (Phi) is 4.04. The molecule has 3 nitrogen and oxygen atoms in total. The molecule has 0 saturated carbocycles. The number of hydrogen-bond acceptors (Lipinski definition) is 2. The molecule has 0 aromatic heterocycles. The molecule has 1 aliphatic heterocycles. The van der Waals surface area contributed by atoms with Crippen LogP contribution in [0.2, 0.25) is 10.0 Å². The topological polar surface area (TPSA) is 29.5 Å². The Bertz CT molecular complexity index is 675. The van der Waals surface area contributed by atoms with Crippen LogP contribution in [-0.4, -0.2) is 17.9 Å². The van der Waals surface area contributed by atoms with Crippen LogP contribution in [0.15, 0.2) is 42.5 Å². The average Bonchev–Trinajstić information content (AvgIpc) is 2.69. The van der Waals surface area contributed by atoms with Gasteiger partial charge in [0.1, 0.15) is 11.9 Å². The van der Waals surface area contributed by atoms with Gasteiger partial charge in [0.25, 0.3) is 0 Å². The summed E-state index contributed by atoms with van der Waals surface area (Å²) in [7, 11) is 0. The second-order valence-electron chi connectivity index (χ2n) is 4.92. The lowest BCUT2D eigenvalue weighted by atomic mass is 10.1. The Hall–Kier alpha value is -1.71. The Morgan fingerprint density at radius 2 is 1.95 bits per heavy atom. The van der Waals surface area contributed by atoms with Crippen LogP contribution < -0.4 is 4.74 Å². The van der Waals surface area contributed by atoms with Crippen molar-refractivity contribution in [2.45, 2.75) is 12.6 Å². The van der Waals surface area contributed by atoms with Crippen molar-refractivity contribution in [1.82, 2.24) is 4.90 Å². The lowest BCUT2D eigenvalue weighted by molar-refractivity contribution is -0.119. The highest BCUT2D eigenvalue weighted by Crippen LogP contribution is 2.33. The third-order valence-electron chi connectivity index (χ3n) is 3.48. The van der Waals surface area contributed by atoms with E-state index < -0.39 is 0 Å². The summed E-state index contributed by atoms with van der Waals surface area (Å²) in [5.74, 6) is 0.790. The van der Waals surface area contributed by atoms with E-state index in [2.05, 4.69) is 0 Å². The van der Waals surface area contributed by atoms with Crippen LogP contribution in [0.3, 0.4) is 0 Å². The molecule has 1 aliphatic rings. The van der Waals surface area contributed by atoms with Crippen LogP contribution in [-0.2, 0) is 11.3 Å². The van der Waals surface area contributed by atoms with E-state index in [1.165, 1.54) is 0 Å². The number of para-hydroxylation sites is 1. The largest absolute Gasteiger partial charge is 0.484 e. The van der Waals surface area contributed by atoms with Crippen molar-refractivity contribution < 1.29 is 9.53 Å². The monoisotopic (exact) mass is 321 g/mol. The van der Waals surface area contributed by atoms with Crippen molar-refractivity contribution in [3.8, 4) is 5.75 Å². The molecule has 3 rings (SSSR count). The molecule has 2 aromatic rings. The van der Waals surface area contributed by atoms with Crippen LogP contribution in [0.1, 0.15) is 17.2 Å². The van der Waals surface area contributed by atoms with Crippen molar-refractivity contribution in [2.75, 3.05) is 6.54 Å². The first kappa shape index (κ1) is 14.2. The van der Waals surface area contributed by atoms with Crippen molar-refractivity contribution in [2.24, 2.45) is 0 Å². The fourth-order valence-corrected chi connectivity index (χ4v) is 2.71. The third kappa shape index (κ3) is 2.99. The second-order valence-corrected chi connectivity index (χ2v) is 5.74. The number of carbonyl (C=O) groups excluding carboxylic acids is 1. The smallest absolute Gasteiger partial charge is 0.210 e. The summed E-state index contributed by atoms with van der Waals surface area (Å²) in [6.07, 6.45) is 0.573. The van der Waals surface area contributed by atoms with Crippen molar-refractivity contribution in [3.05, 3.63) is 63.6 Å². The Balaban J connectivity index is 1.98. The van der Waals surface area contributed by atoms with Gasteiger partial charge in [-0.3, -0.25) is 4.79 Å². The van der Waals surface area contributed by atoms with Crippen LogP contribution in [0.5, 0.6) is 5.75 Å². The van der Waals surface area contributed by atoms with Crippen molar-refractivity contribution in [1.29, 1.82) is 0 Å². The van der Waals surface area contributed by atoms with Crippen LogP contribution in [0.25, 0.3) is 0 Å². The summed E-state index contributed by atoms with van der Waals surface area (Å²) in [4.78, 5) is 12.9. The van der Waals surface area contributed by atoms with E-state index in [9.17, 15) is 4.79 Å². The van der Waals surface area contributed by atoms with Gasteiger partial charge in [-0.15, -0.1) is 0 Å². The molecule has 1 heterocycles. The number of hydrogen-bond donors (Lipinski definition) is 0. The minimum atomic E-state index is -0.270. The summed E-state index contributed by atoms with van der Waals surface area (Å²) >= 11 is 12.0. The molecule has 0 spiro atoms. The highest BCUT2D eigenvalue weighted by atomic mass is 35.5. The number of amides is 1. The zero-order valence-electron chi connectivity index (χ0n) is 11.1. The zero-order chi connectivity index (χ0) is 14.8. The molecule has 0 aliphatic carbocycles. The van der Waals surface area contributed by atoms with E-state index in [4.69, 9.17) is 27.9 Å². The molecule has 0 bridgehead atoms. The van der Waals surface area contributed by atoms with E-state index in [1.54, 1.807) is 17.0 Å². The summed E-state index contributed by atoms with van der Waals surface area (Å²) < 4.78 is 6.07. The van der Waals surface area contributed by atoms with Crippen LogP contribution >= 0.6 is 23.2 Å². The summed E-state index contributed by atoms with van der Waals surface area (Å²) in [5, 5.41) is 0.981. The van der Waals surface area contributed by atoms with Gasteiger partial charge in [-0.25, -0.2) is 0 Å². The van der Waals surface area contributed by atoms with E-state index in [0.717, 1.165) is 23.3 Å². The molecule has 0 N–H and O–H groups in total. The SMILES string of the molecule is O=CN1Cc2ccccc2OC(c2ccc(Cl)c(Cl)c2)C1. The van der Waals surface area contributed by atoms with Gasteiger partial charge in [-0.05, 0) is 23.8 Å². The summed E-state index contributed by atoms with van der Waals surface area (Å²) in [5.41, 5.74) is 1.89. The Morgan fingerprint density at radius 3 is 2.71 bits per heavy atom.